The number of carbonyl (C=O) groups excluding carboxylic acids is 2. The summed E-state index contributed by atoms with van der Waals surface area (Å²) >= 11 is 0. The van der Waals surface area contributed by atoms with Crippen molar-refractivity contribution in [1.29, 1.82) is 0 Å². The minimum Gasteiger partial charge on any atom is -0.494 e. The lowest BCUT2D eigenvalue weighted by atomic mass is 10.1. The van der Waals surface area contributed by atoms with Gasteiger partial charge in [0.2, 0.25) is 11.8 Å². The molecule has 0 spiro atoms. The molecule has 1 N–H and O–H groups in total. The molecule has 2 rings (SSSR count). The van der Waals surface area contributed by atoms with Crippen LogP contribution in [0.4, 0.5) is 0 Å². The Morgan fingerprint density at radius 1 is 0.968 bits per heavy atom. The molecule has 2 amide bonds. The van der Waals surface area contributed by atoms with Crippen LogP contribution in [0.15, 0.2) is 60.7 Å². The van der Waals surface area contributed by atoms with Gasteiger partial charge in [-0.3, -0.25) is 9.59 Å². The molecule has 0 saturated carbocycles. The van der Waals surface area contributed by atoms with Crippen LogP contribution in [0.5, 0.6) is 5.75 Å². The first-order chi connectivity index (χ1) is 15.2. The van der Waals surface area contributed by atoms with E-state index in [4.69, 9.17) is 4.74 Å². The molecule has 0 fully saturated rings. The van der Waals surface area contributed by atoms with Crippen molar-refractivity contribution in [2.75, 3.05) is 19.7 Å². The van der Waals surface area contributed by atoms with Gasteiger partial charge in [0.05, 0.1) is 6.61 Å². The van der Waals surface area contributed by atoms with E-state index in [1.54, 1.807) is 4.90 Å². The maximum Gasteiger partial charge on any atom is 0.242 e. The Kier molecular flexibility index (Phi) is 11.2. The van der Waals surface area contributed by atoms with Crippen molar-refractivity contribution in [3.8, 4) is 5.75 Å². The summed E-state index contributed by atoms with van der Waals surface area (Å²) in [6, 6.07) is 19.2. The van der Waals surface area contributed by atoms with Crippen molar-refractivity contribution < 1.29 is 14.3 Å². The number of hydrogen-bond donors (Lipinski definition) is 1. The average molecular weight is 425 g/mol. The number of para-hydroxylation sites is 1. The molecule has 0 aromatic heterocycles. The molecule has 5 nitrogen and oxygen atoms in total. The van der Waals surface area contributed by atoms with Crippen LogP contribution >= 0.6 is 0 Å². The van der Waals surface area contributed by atoms with Gasteiger partial charge in [-0.05, 0) is 43.4 Å². The highest BCUT2D eigenvalue weighted by Crippen LogP contribution is 2.13. The molecule has 31 heavy (non-hydrogen) atoms. The predicted molar refractivity (Wildman–Crippen MR) is 125 cm³/mol. The van der Waals surface area contributed by atoms with Gasteiger partial charge in [-0.15, -0.1) is 0 Å². The summed E-state index contributed by atoms with van der Waals surface area (Å²) in [6.07, 6.45) is 4.26. The summed E-state index contributed by atoms with van der Waals surface area (Å²) in [7, 11) is 0. The van der Waals surface area contributed by atoms with E-state index in [9.17, 15) is 9.59 Å². The van der Waals surface area contributed by atoms with Crippen LogP contribution in [0, 0.1) is 0 Å². The monoisotopic (exact) mass is 424 g/mol. The van der Waals surface area contributed by atoms with Crippen LogP contribution in [0.3, 0.4) is 0 Å². The summed E-state index contributed by atoms with van der Waals surface area (Å²) in [5.74, 6) is 0.751. The molecule has 0 heterocycles. The van der Waals surface area contributed by atoms with Gasteiger partial charge in [0.25, 0.3) is 0 Å². The number of amides is 2. The molecule has 0 aliphatic rings. The van der Waals surface area contributed by atoms with Crippen LogP contribution in [0.1, 0.15) is 51.5 Å². The molecule has 0 saturated heterocycles. The van der Waals surface area contributed by atoms with Crippen LogP contribution in [0.2, 0.25) is 0 Å². The number of rotatable bonds is 14. The molecular weight excluding hydrogens is 388 g/mol. The number of ether oxygens (including phenoxy) is 1. The molecule has 0 aliphatic heterocycles. The first kappa shape index (κ1) is 24.4. The zero-order valence-electron chi connectivity index (χ0n) is 18.9. The summed E-state index contributed by atoms with van der Waals surface area (Å²) in [4.78, 5) is 27.7. The Labute approximate surface area is 186 Å². The van der Waals surface area contributed by atoms with E-state index in [0.717, 1.165) is 30.6 Å². The van der Waals surface area contributed by atoms with E-state index < -0.39 is 6.04 Å². The van der Waals surface area contributed by atoms with Gasteiger partial charge < -0.3 is 15.0 Å². The third kappa shape index (κ3) is 8.83. The standard InChI is InChI=1S/C26H36N2O3/c1-3-5-19-27-26(30)24(4-2)28(20-18-22-13-8-6-9-14-22)25(29)17-12-21-31-23-15-10-7-11-16-23/h6-11,13-16,24H,3-5,12,17-21H2,1-2H3,(H,27,30)/t24-/m0/s1. The zero-order chi connectivity index (χ0) is 22.3. The van der Waals surface area contributed by atoms with Gasteiger partial charge in [0.1, 0.15) is 11.8 Å². The van der Waals surface area contributed by atoms with Crippen LogP contribution in [-0.2, 0) is 16.0 Å². The molecule has 5 heteroatoms. The summed E-state index contributed by atoms with van der Waals surface area (Å²) in [5, 5.41) is 3.00. The first-order valence-electron chi connectivity index (χ1n) is 11.4. The highest BCUT2D eigenvalue weighted by Gasteiger charge is 2.27. The topological polar surface area (TPSA) is 58.6 Å². The average Bonchev–Trinajstić information content (AvgIpc) is 2.80. The minimum atomic E-state index is -0.442. The second kappa shape index (κ2) is 14.2. The lowest BCUT2D eigenvalue weighted by Crippen LogP contribution is -2.50. The van der Waals surface area contributed by atoms with Gasteiger partial charge in [-0.25, -0.2) is 0 Å². The van der Waals surface area contributed by atoms with Crippen LogP contribution < -0.4 is 10.1 Å². The third-order valence-electron chi connectivity index (χ3n) is 5.25. The maximum atomic E-state index is 13.1. The minimum absolute atomic E-state index is 0.00471. The van der Waals surface area contributed by atoms with E-state index in [-0.39, 0.29) is 11.8 Å². The quantitative estimate of drug-likeness (QED) is 0.451. The van der Waals surface area contributed by atoms with Crippen LogP contribution in [0.25, 0.3) is 0 Å². The summed E-state index contributed by atoms with van der Waals surface area (Å²) < 4.78 is 5.72. The lowest BCUT2D eigenvalue weighted by molar-refractivity contribution is -0.140. The molecule has 0 bridgehead atoms. The fourth-order valence-corrected chi connectivity index (χ4v) is 3.48. The van der Waals surface area contributed by atoms with Gasteiger partial charge in [-0.2, -0.15) is 0 Å². The molecule has 0 aliphatic carbocycles. The highest BCUT2D eigenvalue weighted by atomic mass is 16.5. The first-order valence-corrected chi connectivity index (χ1v) is 11.4. The SMILES string of the molecule is CCCCNC(=O)[C@H](CC)N(CCc1ccccc1)C(=O)CCCOc1ccccc1. The van der Waals surface area contributed by atoms with Crippen molar-refractivity contribution in [3.63, 3.8) is 0 Å². The van der Waals surface area contributed by atoms with Crippen molar-refractivity contribution in [2.24, 2.45) is 0 Å². The highest BCUT2D eigenvalue weighted by molar-refractivity contribution is 5.87. The van der Waals surface area contributed by atoms with E-state index >= 15 is 0 Å². The largest absolute Gasteiger partial charge is 0.494 e. The molecule has 0 unspecified atom stereocenters. The molecule has 2 aromatic carbocycles. The lowest BCUT2D eigenvalue weighted by Gasteiger charge is -2.30. The zero-order valence-corrected chi connectivity index (χ0v) is 18.9. The number of carbonyl (C=O) groups is 2. The maximum absolute atomic E-state index is 13.1. The number of benzene rings is 2. The number of hydrogen-bond acceptors (Lipinski definition) is 3. The Balaban J connectivity index is 1.96. The molecule has 2 aromatic rings. The Bertz CT molecular complexity index is 765. The Morgan fingerprint density at radius 2 is 1.65 bits per heavy atom. The van der Waals surface area contributed by atoms with Crippen molar-refractivity contribution in [3.05, 3.63) is 66.2 Å². The van der Waals surface area contributed by atoms with Crippen molar-refractivity contribution >= 4 is 11.8 Å². The number of nitrogens with zero attached hydrogens (tertiary/aromatic N) is 1. The molecule has 0 radical (unpaired) electrons. The van der Waals surface area contributed by atoms with Crippen LogP contribution in [-0.4, -0.2) is 42.5 Å². The van der Waals surface area contributed by atoms with Gasteiger partial charge in [0.15, 0.2) is 0 Å². The summed E-state index contributed by atoms with van der Waals surface area (Å²) in [5.41, 5.74) is 1.16. The molecule has 168 valence electrons. The Hall–Kier alpha value is -2.82. The van der Waals surface area contributed by atoms with E-state index in [1.165, 1.54) is 0 Å². The van der Waals surface area contributed by atoms with E-state index in [0.29, 0.717) is 39.0 Å². The van der Waals surface area contributed by atoms with Gasteiger partial charge in [-0.1, -0.05) is 68.8 Å². The van der Waals surface area contributed by atoms with Gasteiger partial charge >= 0.3 is 0 Å². The Morgan fingerprint density at radius 3 is 2.29 bits per heavy atom. The van der Waals surface area contributed by atoms with Crippen molar-refractivity contribution in [1.82, 2.24) is 10.2 Å². The predicted octanol–water partition coefficient (Wildman–Crippen LogP) is 4.61. The molecule has 1 atom stereocenters. The third-order valence-corrected chi connectivity index (χ3v) is 5.25. The normalized spacial score (nSPS) is 11.5. The number of unbranched alkanes of at least 4 members (excludes halogenated alkanes) is 1. The van der Waals surface area contributed by atoms with E-state index in [1.807, 2.05) is 55.5 Å². The molecular formula is C26H36N2O3. The van der Waals surface area contributed by atoms with E-state index in [2.05, 4.69) is 24.4 Å². The van der Waals surface area contributed by atoms with Crippen molar-refractivity contribution in [2.45, 2.75) is 58.4 Å². The number of nitrogens with one attached hydrogen (secondary N) is 1. The summed E-state index contributed by atoms with van der Waals surface area (Å²) in [6.45, 7) is 5.71. The smallest absolute Gasteiger partial charge is 0.242 e. The fourth-order valence-electron chi connectivity index (χ4n) is 3.48. The fraction of sp³-hybridized carbons (Fsp3) is 0.462. The second-order valence-electron chi connectivity index (χ2n) is 7.66. The second-order valence-corrected chi connectivity index (χ2v) is 7.66. The van der Waals surface area contributed by atoms with Gasteiger partial charge in [0, 0.05) is 19.5 Å².